The summed E-state index contributed by atoms with van der Waals surface area (Å²) < 4.78 is 0. The lowest BCUT2D eigenvalue weighted by atomic mass is 9.78. The largest absolute Gasteiger partial charge is 0.480 e. The van der Waals surface area contributed by atoms with Crippen molar-refractivity contribution in [2.24, 2.45) is 5.41 Å². The van der Waals surface area contributed by atoms with Gasteiger partial charge in [-0.1, -0.05) is 20.3 Å². The summed E-state index contributed by atoms with van der Waals surface area (Å²) in [6.45, 7) is 6.60. The van der Waals surface area contributed by atoms with E-state index in [-0.39, 0.29) is 6.54 Å². The molecule has 0 saturated carbocycles. The van der Waals surface area contributed by atoms with Crippen molar-refractivity contribution in [3.8, 4) is 0 Å². The molecular formula is C10H19NO2. The van der Waals surface area contributed by atoms with Gasteiger partial charge in [0, 0.05) is 0 Å². The first kappa shape index (κ1) is 10.5. The van der Waals surface area contributed by atoms with Crippen molar-refractivity contribution < 1.29 is 9.90 Å². The number of piperidine rings is 1. The van der Waals surface area contributed by atoms with E-state index < -0.39 is 5.97 Å². The van der Waals surface area contributed by atoms with Crippen LogP contribution in [0.3, 0.4) is 0 Å². The minimum atomic E-state index is -0.708. The summed E-state index contributed by atoms with van der Waals surface area (Å²) in [6, 6.07) is 0. The SMILES string of the molecule is CCC1(C)CCN(CC(=O)O)CC1. The minimum Gasteiger partial charge on any atom is -0.480 e. The Hall–Kier alpha value is -0.570. The monoisotopic (exact) mass is 185 g/mol. The highest BCUT2D eigenvalue weighted by molar-refractivity contribution is 5.69. The van der Waals surface area contributed by atoms with E-state index in [4.69, 9.17) is 5.11 Å². The van der Waals surface area contributed by atoms with Gasteiger partial charge in [0.1, 0.15) is 0 Å². The molecule has 0 aliphatic carbocycles. The Labute approximate surface area is 79.7 Å². The number of carboxylic acid groups (broad SMARTS) is 1. The lowest BCUT2D eigenvalue weighted by Gasteiger charge is -2.38. The lowest BCUT2D eigenvalue weighted by molar-refractivity contribution is -0.138. The molecular weight excluding hydrogens is 166 g/mol. The fraction of sp³-hybridized carbons (Fsp3) is 0.900. The standard InChI is InChI=1S/C10H19NO2/c1-3-10(2)4-6-11(7-5-10)8-9(12)13/h3-8H2,1-2H3,(H,12,13). The van der Waals surface area contributed by atoms with Crippen molar-refractivity contribution in [2.45, 2.75) is 33.1 Å². The summed E-state index contributed by atoms with van der Waals surface area (Å²) in [5, 5.41) is 8.61. The van der Waals surface area contributed by atoms with Gasteiger partial charge in [0.25, 0.3) is 0 Å². The van der Waals surface area contributed by atoms with E-state index in [2.05, 4.69) is 13.8 Å². The van der Waals surface area contributed by atoms with Crippen LogP contribution in [0, 0.1) is 5.41 Å². The Morgan fingerprint density at radius 1 is 1.46 bits per heavy atom. The van der Waals surface area contributed by atoms with Crippen LogP contribution in [-0.2, 0) is 4.79 Å². The second-order valence-corrected chi connectivity index (χ2v) is 4.33. The van der Waals surface area contributed by atoms with Crippen molar-refractivity contribution in [2.75, 3.05) is 19.6 Å². The molecule has 76 valence electrons. The Morgan fingerprint density at radius 3 is 2.38 bits per heavy atom. The zero-order valence-corrected chi connectivity index (χ0v) is 8.55. The molecule has 0 unspecified atom stereocenters. The summed E-state index contributed by atoms with van der Waals surface area (Å²) in [5.41, 5.74) is 0.453. The zero-order chi connectivity index (χ0) is 9.90. The highest BCUT2D eigenvalue weighted by Gasteiger charge is 2.28. The Bertz CT molecular complexity index is 183. The molecule has 0 aromatic carbocycles. The molecule has 13 heavy (non-hydrogen) atoms. The van der Waals surface area contributed by atoms with E-state index in [1.807, 2.05) is 4.90 Å². The number of likely N-dealkylation sites (tertiary alicyclic amines) is 1. The Kier molecular flexibility index (Phi) is 3.31. The quantitative estimate of drug-likeness (QED) is 0.725. The van der Waals surface area contributed by atoms with Gasteiger partial charge in [0.2, 0.25) is 0 Å². The van der Waals surface area contributed by atoms with Gasteiger partial charge in [-0.25, -0.2) is 0 Å². The lowest BCUT2D eigenvalue weighted by Crippen LogP contribution is -2.40. The molecule has 1 aliphatic rings. The predicted molar refractivity (Wildman–Crippen MR) is 51.7 cm³/mol. The summed E-state index contributed by atoms with van der Waals surface area (Å²) in [6.07, 6.45) is 3.47. The van der Waals surface area contributed by atoms with Crippen molar-refractivity contribution in [3.05, 3.63) is 0 Å². The van der Waals surface area contributed by atoms with Crippen LogP contribution in [0.15, 0.2) is 0 Å². The van der Waals surface area contributed by atoms with E-state index >= 15 is 0 Å². The Balaban J connectivity index is 2.34. The van der Waals surface area contributed by atoms with E-state index in [9.17, 15) is 4.79 Å². The molecule has 0 bridgehead atoms. The average molecular weight is 185 g/mol. The summed E-state index contributed by atoms with van der Waals surface area (Å²) in [4.78, 5) is 12.5. The molecule has 0 atom stereocenters. The third kappa shape index (κ3) is 2.99. The fourth-order valence-electron chi connectivity index (χ4n) is 1.80. The highest BCUT2D eigenvalue weighted by atomic mass is 16.4. The Morgan fingerprint density at radius 2 is 2.00 bits per heavy atom. The molecule has 1 saturated heterocycles. The summed E-state index contributed by atoms with van der Waals surface area (Å²) in [7, 11) is 0. The first-order valence-corrected chi connectivity index (χ1v) is 5.00. The van der Waals surface area contributed by atoms with Gasteiger partial charge in [0.15, 0.2) is 0 Å². The van der Waals surface area contributed by atoms with Crippen LogP contribution in [0.25, 0.3) is 0 Å². The van der Waals surface area contributed by atoms with Crippen LogP contribution in [0.5, 0.6) is 0 Å². The van der Waals surface area contributed by atoms with Gasteiger partial charge in [-0.15, -0.1) is 0 Å². The van der Waals surface area contributed by atoms with E-state index in [1.165, 1.54) is 6.42 Å². The van der Waals surface area contributed by atoms with Crippen molar-refractivity contribution in [1.82, 2.24) is 4.90 Å². The molecule has 3 heteroatoms. The average Bonchev–Trinajstić information content (AvgIpc) is 2.09. The molecule has 1 N–H and O–H groups in total. The smallest absolute Gasteiger partial charge is 0.317 e. The van der Waals surface area contributed by atoms with Gasteiger partial charge < -0.3 is 5.11 Å². The maximum absolute atomic E-state index is 10.5. The van der Waals surface area contributed by atoms with E-state index in [0.29, 0.717) is 5.41 Å². The number of rotatable bonds is 3. The maximum Gasteiger partial charge on any atom is 0.317 e. The molecule has 3 nitrogen and oxygen atoms in total. The topological polar surface area (TPSA) is 40.5 Å². The molecule has 0 spiro atoms. The first-order chi connectivity index (χ1) is 6.06. The number of hydrogen-bond donors (Lipinski definition) is 1. The van der Waals surface area contributed by atoms with Gasteiger partial charge in [-0.2, -0.15) is 0 Å². The third-order valence-corrected chi connectivity index (χ3v) is 3.28. The number of carboxylic acids is 1. The van der Waals surface area contributed by atoms with Gasteiger partial charge in [0.05, 0.1) is 6.54 Å². The summed E-state index contributed by atoms with van der Waals surface area (Å²) in [5.74, 6) is -0.708. The van der Waals surface area contributed by atoms with Crippen LogP contribution in [0.2, 0.25) is 0 Å². The first-order valence-electron chi connectivity index (χ1n) is 5.00. The highest BCUT2D eigenvalue weighted by Crippen LogP contribution is 2.33. The zero-order valence-electron chi connectivity index (χ0n) is 8.55. The second-order valence-electron chi connectivity index (χ2n) is 4.33. The van der Waals surface area contributed by atoms with Crippen molar-refractivity contribution in [1.29, 1.82) is 0 Å². The number of aliphatic carboxylic acids is 1. The molecule has 0 radical (unpaired) electrons. The summed E-state index contributed by atoms with van der Waals surface area (Å²) >= 11 is 0. The van der Waals surface area contributed by atoms with Gasteiger partial charge in [-0.3, -0.25) is 9.69 Å². The molecule has 1 fully saturated rings. The van der Waals surface area contributed by atoms with E-state index in [1.54, 1.807) is 0 Å². The van der Waals surface area contributed by atoms with Crippen LogP contribution in [-0.4, -0.2) is 35.6 Å². The van der Waals surface area contributed by atoms with Crippen LogP contribution in [0.4, 0.5) is 0 Å². The molecule has 1 rings (SSSR count). The molecule has 1 aliphatic heterocycles. The van der Waals surface area contributed by atoms with Crippen LogP contribution >= 0.6 is 0 Å². The normalized spacial score (nSPS) is 22.9. The number of carbonyl (C=O) groups is 1. The van der Waals surface area contributed by atoms with Crippen LogP contribution < -0.4 is 0 Å². The molecule has 0 aromatic rings. The fourth-order valence-corrected chi connectivity index (χ4v) is 1.80. The predicted octanol–water partition coefficient (Wildman–Crippen LogP) is 1.58. The van der Waals surface area contributed by atoms with Crippen LogP contribution in [0.1, 0.15) is 33.1 Å². The maximum atomic E-state index is 10.5. The van der Waals surface area contributed by atoms with Crippen molar-refractivity contribution >= 4 is 5.97 Å². The molecule has 0 amide bonds. The van der Waals surface area contributed by atoms with Gasteiger partial charge >= 0.3 is 5.97 Å². The number of nitrogens with zero attached hydrogens (tertiary/aromatic N) is 1. The molecule has 0 aromatic heterocycles. The van der Waals surface area contributed by atoms with Crippen molar-refractivity contribution in [3.63, 3.8) is 0 Å². The van der Waals surface area contributed by atoms with E-state index in [0.717, 1.165) is 25.9 Å². The minimum absolute atomic E-state index is 0.208. The van der Waals surface area contributed by atoms with Gasteiger partial charge in [-0.05, 0) is 31.3 Å². The third-order valence-electron chi connectivity index (χ3n) is 3.28. The number of hydrogen-bond acceptors (Lipinski definition) is 2. The molecule has 1 heterocycles. The second kappa shape index (κ2) is 4.09.